The summed E-state index contributed by atoms with van der Waals surface area (Å²) in [6.45, 7) is 10.4. The first-order valence-electron chi connectivity index (χ1n) is 6.75. The highest BCUT2D eigenvalue weighted by molar-refractivity contribution is 6.32. The van der Waals surface area contributed by atoms with E-state index in [-0.39, 0.29) is 0 Å². The van der Waals surface area contributed by atoms with Crippen molar-refractivity contribution in [1.29, 1.82) is 0 Å². The molecule has 0 aliphatic carbocycles. The average molecular weight is 277 g/mol. The Labute approximate surface area is 120 Å². The number of rotatable bonds is 4. The predicted molar refractivity (Wildman–Crippen MR) is 82.8 cm³/mol. The summed E-state index contributed by atoms with van der Waals surface area (Å²) in [5.41, 5.74) is 4.42. The zero-order valence-electron chi connectivity index (χ0n) is 12.0. The van der Waals surface area contributed by atoms with Gasteiger partial charge < -0.3 is 5.32 Å². The van der Waals surface area contributed by atoms with Gasteiger partial charge in [0.25, 0.3) is 0 Å². The molecule has 0 unspecified atom stereocenters. The number of pyridine rings is 1. The van der Waals surface area contributed by atoms with Crippen LogP contribution in [0.5, 0.6) is 0 Å². The molecule has 0 radical (unpaired) electrons. The van der Waals surface area contributed by atoms with Crippen molar-refractivity contribution in [3.05, 3.63) is 40.0 Å². The number of halogens is 1. The van der Waals surface area contributed by atoms with Crippen molar-refractivity contribution in [2.24, 2.45) is 5.92 Å². The van der Waals surface area contributed by atoms with Gasteiger partial charge in [0, 0.05) is 22.6 Å². The minimum atomic E-state index is 0.658. The molecule has 0 spiro atoms. The van der Waals surface area contributed by atoms with Gasteiger partial charge in [-0.1, -0.05) is 31.5 Å². The maximum Gasteiger partial charge on any atom is 0.0752 e. The molecule has 19 heavy (non-hydrogen) atoms. The smallest absolute Gasteiger partial charge is 0.0752 e. The molecular weight excluding hydrogens is 256 g/mol. The number of hydrogen-bond acceptors (Lipinski definition) is 2. The summed E-state index contributed by atoms with van der Waals surface area (Å²) in [6, 6.07) is 6.19. The van der Waals surface area contributed by atoms with E-state index >= 15 is 0 Å². The van der Waals surface area contributed by atoms with Crippen LogP contribution in [-0.2, 0) is 6.54 Å². The Balaban J connectivity index is 2.40. The fourth-order valence-electron chi connectivity index (χ4n) is 2.26. The summed E-state index contributed by atoms with van der Waals surface area (Å²) >= 11 is 6.18. The van der Waals surface area contributed by atoms with Crippen LogP contribution in [0.4, 0.5) is 0 Å². The summed E-state index contributed by atoms with van der Waals surface area (Å²) in [5, 5.41) is 5.48. The van der Waals surface area contributed by atoms with Crippen molar-refractivity contribution in [2.45, 2.75) is 34.2 Å². The van der Waals surface area contributed by atoms with Gasteiger partial charge in [0.05, 0.1) is 5.52 Å². The van der Waals surface area contributed by atoms with Gasteiger partial charge in [-0.25, -0.2) is 0 Å². The molecule has 1 N–H and O–H groups in total. The van der Waals surface area contributed by atoms with Crippen LogP contribution in [0.25, 0.3) is 10.9 Å². The summed E-state index contributed by atoms with van der Waals surface area (Å²) in [4.78, 5) is 4.63. The number of benzene rings is 1. The van der Waals surface area contributed by atoms with Crippen LogP contribution < -0.4 is 5.32 Å². The van der Waals surface area contributed by atoms with Gasteiger partial charge in [0.1, 0.15) is 0 Å². The van der Waals surface area contributed by atoms with E-state index in [2.05, 4.69) is 36.3 Å². The zero-order valence-corrected chi connectivity index (χ0v) is 12.8. The third kappa shape index (κ3) is 3.26. The minimum absolute atomic E-state index is 0.658. The Hall–Kier alpha value is -1.12. The second-order valence-electron chi connectivity index (χ2n) is 5.52. The third-order valence-electron chi connectivity index (χ3n) is 3.25. The van der Waals surface area contributed by atoms with E-state index in [0.717, 1.165) is 34.9 Å². The molecule has 1 aromatic heterocycles. The molecule has 2 rings (SSSR count). The number of nitrogens with one attached hydrogen (secondary N) is 1. The van der Waals surface area contributed by atoms with E-state index in [4.69, 9.17) is 11.6 Å². The van der Waals surface area contributed by atoms with Gasteiger partial charge in [-0.15, -0.1) is 0 Å². The Morgan fingerprint density at radius 1 is 1.26 bits per heavy atom. The predicted octanol–water partition coefficient (Wildman–Crippen LogP) is 4.25. The van der Waals surface area contributed by atoms with E-state index in [1.54, 1.807) is 0 Å². The Morgan fingerprint density at radius 3 is 2.68 bits per heavy atom. The number of hydrogen-bond donors (Lipinski definition) is 1. The molecule has 1 aromatic carbocycles. The molecule has 102 valence electrons. The normalized spacial score (nSPS) is 11.5. The van der Waals surface area contributed by atoms with E-state index in [1.165, 1.54) is 10.9 Å². The molecule has 2 aromatic rings. The maximum atomic E-state index is 6.18. The van der Waals surface area contributed by atoms with Gasteiger partial charge in [0.15, 0.2) is 0 Å². The quantitative estimate of drug-likeness (QED) is 0.903. The first kappa shape index (κ1) is 14.3. The van der Waals surface area contributed by atoms with E-state index < -0.39 is 0 Å². The lowest BCUT2D eigenvalue weighted by Gasteiger charge is -2.12. The van der Waals surface area contributed by atoms with Crippen molar-refractivity contribution in [3.8, 4) is 0 Å². The van der Waals surface area contributed by atoms with Crippen LogP contribution in [0.15, 0.2) is 18.2 Å². The number of aromatic nitrogens is 1. The van der Waals surface area contributed by atoms with E-state index in [0.29, 0.717) is 5.92 Å². The summed E-state index contributed by atoms with van der Waals surface area (Å²) < 4.78 is 0. The first-order valence-corrected chi connectivity index (χ1v) is 7.13. The Bertz CT molecular complexity index is 591. The van der Waals surface area contributed by atoms with Crippen molar-refractivity contribution >= 4 is 22.5 Å². The summed E-state index contributed by atoms with van der Waals surface area (Å²) in [5.74, 6) is 0.658. The van der Waals surface area contributed by atoms with Crippen molar-refractivity contribution < 1.29 is 0 Å². The van der Waals surface area contributed by atoms with Crippen molar-refractivity contribution in [2.75, 3.05) is 6.54 Å². The number of nitrogens with zero attached hydrogens (tertiary/aromatic N) is 1. The highest BCUT2D eigenvalue weighted by Crippen LogP contribution is 2.26. The average Bonchev–Trinajstić information content (AvgIpc) is 2.34. The van der Waals surface area contributed by atoms with Gasteiger partial charge in [0.2, 0.25) is 0 Å². The van der Waals surface area contributed by atoms with Crippen molar-refractivity contribution in [1.82, 2.24) is 10.3 Å². The maximum absolute atomic E-state index is 6.18. The molecule has 0 aliphatic heterocycles. The molecule has 0 saturated heterocycles. The molecule has 0 fully saturated rings. The highest BCUT2D eigenvalue weighted by atomic mass is 35.5. The van der Waals surface area contributed by atoms with Gasteiger partial charge in [-0.05, 0) is 49.6 Å². The molecule has 0 aliphatic rings. The highest BCUT2D eigenvalue weighted by Gasteiger charge is 2.08. The monoisotopic (exact) mass is 276 g/mol. The zero-order chi connectivity index (χ0) is 14.0. The van der Waals surface area contributed by atoms with Gasteiger partial charge in [-0.3, -0.25) is 4.98 Å². The van der Waals surface area contributed by atoms with Crippen LogP contribution >= 0.6 is 11.6 Å². The fraction of sp³-hybridized carbons (Fsp3) is 0.438. The molecule has 1 heterocycles. The second kappa shape index (κ2) is 5.89. The van der Waals surface area contributed by atoms with E-state index in [1.807, 2.05) is 19.9 Å². The van der Waals surface area contributed by atoms with Crippen LogP contribution in [0.2, 0.25) is 5.02 Å². The number of fused-ring (bicyclic) bond motifs is 1. The largest absolute Gasteiger partial charge is 0.312 e. The molecule has 3 heteroatoms. The first-order chi connectivity index (χ1) is 8.99. The third-order valence-corrected chi connectivity index (χ3v) is 3.66. The van der Waals surface area contributed by atoms with Gasteiger partial charge in [-0.2, -0.15) is 0 Å². The standard InChI is InChI=1S/C16H21ClN2/c1-10(2)8-18-9-13-7-11(3)19-16-12(4)15(17)6-5-14(13)16/h5-7,10,18H,8-9H2,1-4H3. The Morgan fingerprint density at radius 2 is 2.00 bits per heavy atom. The van der Waals surface area contributed by atoms with Gasteiger partial charge >= 0.3 is 0 Å². The molecule has 2 nitrogen and oxygen atoms in total. The summed E-state index contributed by atoms with van der Waals surface area (Å²) in [6.07, 6.45) is 0. The van der Waals surface area contributed by atoms with Crippen molar-refractivity contribution in [3.63, 3.8) is 0 Å². The van der Waals surface area contributed by atoms with Crippen LogP contribution in [0.3, 0.4) is 0 Å². The molecule has 0 atom stereocenters. The lowest BCUT2D eigenvalue weighted by molar-refractivity contribution is 0.553. The molecule has 0 saturated carbocycles. The number of aryl methyl sites for hydroxylation is 2. The fourth-order valence-corrected chi connectivity index (χ4v) is 2.41. The van der Waals surface area contributed by atoms with E-state index in [9.17, 15) is 0 Å². The lowest BCUT2D eigenvalue weighted by atomic mass is 10.0. The van der Waals surface area contributed by atoms with Crippen LogP contribution in [0, 0.1) is 19.8 Å². The second-order valence-corrected chi connectivity index (χ2v) is 5.92. The molecule has 0 bridgehead atoms. The summed E-state index contributed by atoms with van der Waals surface area (Å²) in [7, 11) is 0. The topological polar surface area (TPSA) is 24.9 Å². The minimum Gasteiger partial charge on any atom is -0.312 e. The van der Waals surface area contributed by atoms with Crippen LogP contribution in [0.1, 0.15) is 30.7 Å². The Kier molecular flexibility index (Phi) is 4.43. The molecule has 0 amide bonds. The molecular formula is C16H21ClN2. The lowest BCUT2D eigenvalue weighted by Crippen LogP contribution is -2.19. The SMILES string of the molecule is Cc1cc(CNCC(C)C)c2ccc(Cl)c(C)c2n1. The van der Waals surface area contributed by atoms with Crippen LogP contribution in [-0.4, -0.2) is 11.5 Å².